The van der Waals surface area contributed by atoms with Gasteiger partial charge in [0, 0.05) is 42.5 Å². The van der Waals surface area contributed by atoms with Gasteiger partial charge in [-0.1, -0.05) is 35.9 Å². The van der Waals surface area contributed by atoms with Crippen molar-refractivity contribution >= 4 is 33.0 Å². The van der Waals surface area contributed by atoms with E-state index < -0.39 is 15.7 Å². The van der Waals surface area contributed by atoms with Crippen molar-refractivity contribution in [3.63, 3.8) is 0 Å². The van der Waals surface area contributed by atoms with Gasteiger partial charge in [0.15, 0.2) is 0 Å². The van der Waals surface area contributed by atoms with Gasteiger partial charge in [-0.3, -0.25) is 0 Å². The van der Waals surface area contributed by atoms with Crippen LogP contribution in [0.1, 0.15) is 0 Å². The van der Waals surface area contributed by atoms with Gasteiger partial charge >= 0.3 is 0 Å². The van der Waals surface area contributed by atoms with E-state index in [-0.39, 0.29) is 21.7 Å². The SMILES string of the molecule is O=S(=O)(c1ccc(F)cc1)c1nc(-c2ccccc2)oc1N1CCN(c2cccc(Cl)c2)CC1. The molecule has 1 saturated heterocycles. The molecule has 4 aromatic rings. The highest BCUT2D eigenvalue weighted by molar-refractivity contribution is 7.91. The molecule has 0 bridgehead atoms. The molecule has 2 heterocycles. The van der Waals surface area contributed by atoms with Gasteiger partial charge in [-0.15, -0.1) is 0 Å². The summed E-state index contributed by atoms with van der Waals surface area (Å²) < 4.78 is 46.4. The minimum atomic E-state index is -4.04. The van der Waals surface area contributed by atoms with Gasteiger partial charge in [-0.2, -0.15) is 4.98 Å². The van der Waals surface area contributed by atoms with Crippen molar-refractivity contribution in [2.75, 3.05) is 36.0 Å². The molecule has 0 unspecified atom stereocenters. The fraction of sp³-hybridized carbons (Fsp3) is 0.160. The molecule has 9 heteroatoms. The fourth-order valence-electron chi connectivity index (χ4n) is 3.94. The van der Waals surface area contributed by atoms with Gasteiger partial charge in [0.1, 0.15) is 5.82 Å². The lowest BCUT2D eigenvalue weighted by molar-refractivity contribution is 0.525. The van der Waals surface area contributed by atoms with E-state index in [2.05, 4.69) is 9.88 Å². The summed E-state index contributed by atoms with van der Waals surface area (Å²) >= 11 is 6.14. The zero-order chi connectivity index (χ0) is 23.7. The molecule has 0 saturated carbocycles. The van der Waals surface area contributed by atoms with Crippen molar-refractivity contribution in [2.24, 2.45) is 0 Å². The molecule has 174 valence electrons. The predicted octanol–water partition coefficient (Wildman–Crippen LogP) is 5.29. The molecule has 0 spiro atoms. The number of hydrogen-bond donors (Lipinski definition) is 0. The summed E-state index contributed by atoms with van der Waals surface area (Å²) in [5.41, 5.74) is 1.68. The number of oxazole rings is 1. The van der Waals surface area contributed by atoms with Gasteiger partial charge in [0.05, 0.1) is 4.90 Å². The summed E-state index contributed by atoms with van der Waals surface area (Å²) in [5.74, 6) is -0.107. The molecule has 0 aliphatic carbocycles. The van der Waals surface area contributed by atoms with Crippen molar-refractivity contribution in [3.05, 3.63) is 89.7 Å². The number of anilines is 2. The second-order valence-electron chi connectivity index (χ2n) is 7.91. The van der Waals surface area contributed by atoms with Gasteiger partial charge in [0.2, 0.25) is 26.6 Å². The number of aromatic nitrogens is 1. The zero-order valence-corrected chi connectivity index (χ0v) is 19.6. The van der Waals surface area contributed by atoms with Gasteiger partial charge in [-0.05, 0) is 54.6 Å². The second kappa shape index (κ2) is 9.12. The Morgan fingerprint density at radius 3 is 2.21 bits per heavy atom. The van der Waals surface area contributed by atoms with Crippen LogP contribution < -0.4 is 9.80 Å². The normalized spacial score (nSPS) is 14.4. The maximum atomic E-state index is 13.5. The molecule has 6 nitrogen and oxygen atoms in total. The average molecular weight is 498 g/mol. The molecule has 1 aliphatic rings. The first-order chi connectivity index (χ1) is 16.4. The van der Waals surface area contributed by atoms with Crippen molar-refractivity contribution < 1.29 is 17.2 Å². The third-order valence-electron chi connectivity index (χ3n) is 5.72. The van der Waals surface area contributed by atoms with Crippen molar-refractivity contribution in [3.8, 4) is 11.5 Å². The van der Waals surface area contributed by atoms with E-state index in [0.29, 0.717) is 36.8 Å². The molecule has 1 fully saturated rings. The highest BCUT2D eigenvalue weighted by Gasteiger charge is 2.33. The number of nitrogens with zero attached hydrogens (tertiary/aromatic N) is 3. The molecule has 1 aromatic heterocycles. The highest BCUT2D eigenvalue weighted by atomic mass is 35.5. The molecule has 0 amide bonds. The van der Waals surface area contributed by atoms with Gasteiger partial charge in [0.25, 0.3) is 0 Å². The van der Waals surface area contributed by atoms with Crippen LogP contribution in [0.2, 0.25) is 5.02 Å². The molecular weight excluding hydrogens is 477 g/mol. The van der Waals surface area contributed by atoms with E-state index in [1.807, 2.05) is 47.4 Å². The minimum absolute atomic E-state index is 0.0411. The van der Waals surface area contributed by atoms with Crippen LogP contribution >= 0.6 is 11.6 Å². The quantitative estimate of drug-likeness (QED) is 0.349. The molecule has 3 aromatic carbocycles. The Bertz CT molecular complexity index is 1400. The Morgan fingerprint density at radius 2 is 1.53 bits per heavy atom. The lowest BCUT2D eigenvalue weighted by Gasteiger charge is -2.36. The topological polar surface area (TPSA) is 66.7 Å². The van der Waals surface area contributed by atoms with E-state index in [1.54, 1.807) is 12.1 Å². The van der Waals surface area contributed by atoms with Crippen LogP contribution in [0.4, 0.5) is 16.0 Å². The number of piperazine rings is 1. The number of hydrogen-bond acceptors (Lipinski definition) is 6. The Hall–Kier alpha value is -3.36. The summed E-state index contributed by atoms with van der Waals surface area (Å²) in [6.45, 7) is 2.36. The smallest absolute Gasteiger partial charge is 0.236 e. The Kier molecular flexibility index (Phi) is 6.02. The summed E-state index contributed by atoms with van der Waals surface area (Å²) in [7, 11) is -4.04. The van der Waals surface area contributed by atoms with E-state index in [9.17, 15) is 12.8 Å². The Morgan fingerprint density at radius 1 is 0.853 bits per heavy atom. The van der Waals surface area contributed by atoms with Crippen molar-refractivity contribution in [1.29, 1.82) is 0 Å². The molecular formula is C25H21ClFN3O3S. The fourth-order valence-corrected chi connectivity index (χ4v) is 5.45. The molecule has 5 rings (SSSR count). The highest BCUT2D eigenvalue weighted by Crippen LogP contribution is 2.35. The number of rotatable bonds is 5. The van der Waals surface area contributed by atoms with Crippen LogP contribution in [-0.2, 0) is 9.84 Å². The number of halogens is 2. The van der Waals surface area contributed by atoms with E-state index in [4.69, 9.17) is 16.0 Å². The zero-order valence-electron chi connectivity index (χ0n) is 18.1. The van der Waals surface area contributed by atoms with Crippen LogP contribution in [0.25, 0.3) is 11.5 Å². The largest absolute Gasteiger partial charge is 0.419 e. The predicted molar refractivity (Wildman–Crippen MR) is 130 cm³/mol. The molecule has 0 radical (unpaired) electrons. The molecule has 34 heavy (non-hydrogen) atoms. The maximum absolute atomic E-state index is 13.5. The first kappa shape index (κ1) is 22.4. The summed E-state index contributed by atoms with van der Waals surface area (Å²) in [6, 6.07) is 21.5. The maximum Gasteiger partial charge on any atom is 0.236 e. The minimum Gasteiger partial charge on any atom is -0.419 e. The summed E-state index contributed by atoms with van der Waals surface area (Å²) in [6.07, 6.45) is 0. The van der Waals surface area contributed by atoms with Crippen LogP contribution in [-0.4, -0.2) is 39.6 Å². The van der Waals surface area contributed by atoms with Gasteiger partial charge in [-0.25, -0.2) is 12.8 Å². The van der Waals surface area contributed by atoms with E-state index >= 15 is 0 Å². The first-order valence-corrected chi connectivity index (χ1v) is 12.6. The Balaban J connectivity index is 1.50. The van der Waals surface area contributed by atoms with Crippen LogP contribution in [0, 0.1) is 5.82 Å². The lowest BCUT2D eigenvalue weighted by atomic mass is 10.2. The summed E-state index contributed by atoms with van der Waals surface area (Å²) in [4.78, 5) is 8.42. The Labute approximate surface area is 202 Å². The van der Waals surface area contributed by atoms with Crippen LogP contribution in [0.15, 0.2) is 93.2 Å². The molecule has 1 aliphatic heterocycles. The number of sulfone groups is 1. The first-order valence-electron chi connectivity index (χ1n) is 10.7. The third-order valence-corrected chi connectivity index (χ3v) is 7.62. The van der Waals surface area contributed by atoms with Gasteiger partial charge < -0.3 is 14.2 Å². The van der Waals surface area contributed by atoms with E-state index in [0.717, 1.165) is 17.8 Å². The van der Waals surface area contributed by atoms with Crippen molar-refractivity contribution in [2.45, 2.75) is 9.92 Å². The third kappa shape index (κ3) is 4.38. The van der Waals surface area contributed by atoms with E-state index in [1.165, 1.54) is 12.1 Å². The monoisotopic (exact) mass is 497 g/mol. The van der Waals surface area contributed by atoms with Crippen LogP contribution in [0.5, 0.6) is 0 Å². The molecule has 0 N–H and O–H groups in total. The van der Waals surface area contributed by atoms with Crippen LogP contribution in [0.3, 0.4) is 0 Å². The lowest BCUT2D eigenvalue weighted by Crippen LogP contribution is -2.46. The summed E-state index contributed by atoms with van der Waals surface area (Å²) in [5, 5.41) is 0.490. The average Bonchev–Trinajstić information content (AvgIpc) is 3.32. The number of benzene rings is 3. The standard InChI is InChI=1S/C25H21ClFN3O3S/c26-19-7-4-8-21(17-19)29-13-15-30(16-14-29)25-24(28-23(33-25)18-5-2-1-3-6-18)34(31,32)22-11-9-20(27)10-12-22/h1-12,17H,13-16H2. The van der Waals surface area contributed by atoms with Crippen molar-refractivity contribution in [1.82, 2.24) is 4.98 Å². The second-order valence-corrected chi connectivity index (χ2v) is 10.2. The molecule has 0 atom stereocenters.